The number of likely N-dealkylation sites (N-methyl/N-ethyl adjacent to an activating group) is 1. The summed E-state index contributed by atoms with van der Waals surface area (Å²) in [6.45, 7) is 4.91. The molecule has 1 fully saturated rings. The van der Waals surface area contributed by atoms with Crippen LogP contribution in [0.15, 0.2) is 53.4 Å². The fraction of sp³-hybridized carbons (Fsp3) is 0.304. The van der Waals surface area contributed by atoms with Crippen molar-refractivity contribution in [2.75, 3.05) is 48.8 Å². The molecule has 2 aliphatic heterocycles. The third-order valence-electron chi connectivity index (χ3n) is 6.00. The lowest BCUT2D eigenvalue weighted by Gasteiger charge is -2.34. The maximum Gasteiger partial charge on any atom is 0.238 e. The highest BCUT2D eigenvalue weighted by Gasteiger charge is 2.21. The Balaban J connectivity index is 1.36. The van der Waals surface area contributed by atoms with E-state index in [1.165, 1.54) is 17.8 Å². The number of primary sulfonamides is 1. The summed E-state index contributed by atoms with van der Waals surface area (Å²) in [6.07, 6.45) is 0. The number of rotatable bonds is 6. The van der Waals surface area contributed by atoms with Gasteiger partial charge in [0, 0.05) is 48.8 Å². The number of hydrogen-bond acceptors (Lipinski definition) is 9. The van der Waals surface area contributed by atoms with Crippen molar-refractivity contribution in [3.63, 3.8) is 0 Å². The molecule has 0 amide bonds. The van der Waals surface area contributed by atoms with E-state index in [1.54, 1.807) is 12.1 Å². The maximum absolute atomic E-state index is 11.7. The molecule has 11 heteroatoms. The van der Waals surface area contributed by atoms with E-state index in [4.69, 9.17) is 9.88 Å². The van der Waals surface area contributed by atoms with Crippen LogP contribution in [0, 0.1) is 0 Å². The number of aromatic nitrogens is 2. The van der Waals surface area contributed by atoms with E-state index in [1.807, 2.05) is 12.1 Å². The third kappa shape index (κ3) is 4.97. The molecular weight excluding hydrogens is 454 g/mol. The number of nitrogens with one attached hydrogen (secondary N) is 2. The lowest BCUT2D eigenvalue weighted by Crippen LogP contribution is -2.44. The van der Waals surface area contributed by atoms with Crippen LogP contribution in [0.1, 0.15) is 11.3 Å². The van der Waals surface area contributed by atoms with Gasteiger partial charge in [0.2, 0.25) is 16.0 Å². The zero-order chi connectivity index (χ0) is 23.7. The Hall–Kier alpha value is -3.25. The van der Waals surface area contributed by atoms with Crippen LogP contribution in [0.2, 0.25) is 0 Å². The molecule has 0 saturated carbocycles. The lowest BCUT2D eigenvalue weighted by molar-refractivity contribution is 0.133. The molecule has 1 aromatic heterocycles. The van der Waals surface area contributed by atoms with Gasteiger partial charge in [-0.3, -0.25) is 0 Å². The fourth-order valence-electron chi connectivity index (χ4n) is 4.05. The molecule has 0 unspecified atom stereocenters. The summed E-state index contributed by atoms with van der Waals surface area (Å²) in [7, 11) is -1.66. The molecule has 2 aliphatic rings. The third-order valence-corrected chi connectivity index (χ3v) is 6.91. The number of hydrogen-bond donors (Lipinski definition) is 3. The zero-order valence-electron chi connectivity index (χ0n) is 18.9. The summed E-state index contributed by atoms with van der Waals surface area (Å²) in [5.74, 6) is 0.993. The summed E-state index contributed by atoms with van der Waals surface area (Å²) in [5, 5.41) is 11.7. The molecule has 4 N–H and O–H groups in total. The zero-order valence-corrected chi connectivity index (χ0v) is 19.7. The highest BCUT2D eigenvalue weighted by Crippen LogP contribution is 2.30. The molecule has 0 spiro atoms. The number of fused-ring (bicyclic) bond motifs is 1. The average Bonchev–Trinajstić information content (AvgIpc) is 3.29. The molecule has 5 rings (SSSR count). The Kier molecular flexibility index (Phi) is 6.09. The second kappa shape index (κ2) is 9.18. The second-order valence-corrected chi connectivity index (χ2v) is 10.0. The number of nitrogens with two attached hydrogens (primary N) is 1. The highest BCUT2D eigenvalue weighted by molar-refractivity contribution is 7.89. The molecular formula is C23H27N7O3S. The standard InChI is InChI=1S/C23H27N7O3S/c1-29-9-11-30(12-10-29)18-7-5-16(6-8-18)26-23-27-21-15-33-14-20(21)22(28-23)25-17-3-2-4-19(13-17)34(24,31)32/h2-8,13H,9-12,14-15H2,1H3,(H2,24,31,32)(H2,25,26,27,28). The van der Waals surface area contributed by atoms with Gasteiger partial charge in [0.1, 0.15) is 5.82 Å². The number of ether oxygens (including phenoxy) is 1. The SMILES string of the molecule is CN1CCN(c2ccc(Nc3nc4c(c(Nc5cccc(S(N)(=O)=O)c5)n3)COC4)cc2)CC1. The minimum Gasteiger partial charge on any atom is -0.370 e. The van der Waals surface area contributed by atoms with Gasteiger partial charge in [-0.25, -0.2) is 18.5 Å². The van der Waals surface area contributed by atoms with E-state index < -0.39 is 10.0 Å². The second-order valence-electron chi connectivity index (χ2n) is 8.47. The molecule has 0 radical (unpaired) electrons. The van der Waals surface area contributed by atoms with Gasteiger partial charge in [-0.15, -0.1) is 0 Å². The Morgan fingerprint density at radius 1 is 0.941 bits per heavy atom. The van der Waals surface area contributed by atoms with E-state index in [0.717, 1.165) is 43.1 Å². The van der Waals surface area contributed by atoms with Crippen LogP contribution < -0.4 is 20.7 Å². The number of benzene rings is 2. The smallest absolute Gasteiger partial charge is 0.238 e. The van der Waals surface area contributed by atoms with E-state index >= 15 is 0 Å². The van der Waals surface area contributed by atoms with E-state index in [0.29, 0.717) is 30.7 Å². The van der Waals surface area contributed by atoms with Gasteiger partial charge in [-0.2, -0.15) is 4.98 Å². The molecule has 10 nitrogen and oxygen atoms in total. The first-order valence-electron chi connectivity index (χ1n) is 11.0. The van der Waals surface area contributed by atoms with Crippen molar-refractivity contribution in [2.45, 2.75) is 18.1 Å². The predicted octanol–water partition coefficient (Wildman–Crippen LogP) is 2.39. The largest absolute Gasteiger partial charge is 0.370 e. The Bertz CT molecular complexity index is 1290. The minimum absolute atomic E-state index is 0.0261. The first kappa shape index (κ1) is 22.5. The molecule has 0 bridgehead atoms. The molecule has 178 valence electrons. The summed E-state index contributed by atoms with van der Waals surface area (Å²) in [6, 6.07) is 14.5. The number of nitrogens with zero attached hydrogens (tertiary/aromatic N) is 4. The fourth-order valence-corrected chi connectivity index (χ4v) is 4.61. The van der Waals surface area contributed by atoms with Crippen molar-refractivity contribution >= 4 is 38.9 Å². The Labute approximate surface area is 198 Å². The molecule has 2 aromatic carbocycles. The van der Waals surface area contributed by atoms with Crippen molar-refractivity contribution in [2.24, 2.45) is 5.14 Å². The molecule has 0 atom stereocenters. The van der Waals surface area contributed by atoms with Gasteiger partial charge in [0.25, 0.3) is 0 Å². The van der Waals surface area contributed by atoms with Crippen molar-refractivity contribution in [1.82, 2.24) is 14.9 Å². The van der Waals surface area contributed by atoms with Crippen molar-refractivity contribution in [3.8, 4) is 0 Å². The monoisotopic (exact) mass is 481 g/mol. The van der Waals surface area contributed by atoms with Gasteiger partial charge in [0.05, 0.1) is 23.8 Å². The number of sulfonamides is 1. The molecule has 1 saturated heterocycles. The molecule has 3 aromatic rings. The number of piperazine rings is 1. The predicted molar refractivity (Wildman–Crippen MR) is 131 cm³/mol. The summed E-state index contributed by atoms with van der Waals surface area (Å²) >= 11 is 0. The number of anilines is 5. The van der Waals surface area contributed by atoms with Crippen LogP contribution in [-0.2, 0) is 28.0 Å². The maximum atomic E-state index is 11.7. The van der Waals surface area contributed by atoms with E-state index in [-0.39, 0.29) is 4.90 Å². The molecule has 34 heavy (non-hydrogen) atoms. The van der Waals surface area contributed by atoms with Gasteiger partial charge < -0.3 is 25.2 Å². The topological polar surface area (TPSA) is 126 Å². The summed E-state index contributed by atoms with van der Waals surface area (Å²) in [4.78, 5) is 14.0. The van der Waals surface area contributed by atoms with E-state index in [9.17, 15) is 8.42 Å². The first-order chi connectivity index (χ1) is 16.3. The van der Waals surface area contributed by atoms with Gasteiger partial charge in [-0.05, 0) is 49.5 Å². The van der Waals surface area contributed by atoms with Crippen LogP contribution in [0.25, 0.3) is 0 Å². The van der Waals surface area contributed by atoms with Crippen molar-refractivity contribution in [1.29, 1.82) is 0 Å². The van der Waals surface area contributed by atoms with Crippen LogP contribution in [0.3, 0.4) is 0 Å². The van der Waals surface area contributed by atoms with Gasteiger partial charge >= 0.3 is 0 Å². The van der Waals surface area contributed by atoms with E-state index in [2.05, 4.69) is 49.6 Å². The Morgan fingerprint density at radius 2 is 1.71 bits per heavy atom. The van der Waals surface area contributed by atoms with Crippen LogP contribution in [0.4, 0.5) is 28.8 Å². The summed E-state index contributed by atoms with van der Waals surface area (Å²) < 4.78 is 29.0. The normalized spacial score (nSPS) is 16.4. The van der Waals surface area contributed by atoms with Gasteiger partial charge in [-0.1, -0.05) is 6.07 Å². The molecule has 3 heterocycles. The lowest BCUT2D eigenvalue weighted by atomic mass is 10.2. The summed E-state index contributed by atoms with van der Waals surface area (Å²) in [5.41, 5.74) is 4.26. The van der Waals surface area contributed by atoms with Crippen LogP contribution >= 0.6 is 0 Å². The van der Waals surface area contributed by atoms with Crippen LogP contribution in [-0.4, -0.2) is 56.5 Å². The Morgan fingerprint density at radius 3 is 2.44 bits per heavy atom. The molecule has 0 aliphatic carbocycles. The van der Waals surface area contributed by atoms with Crippen LogP contribution in [0.5, 0.6) is 0 Å². The average molecular weight is 482 g/mol. The quantitative estimate of drug-likeness (QED) is 0.486. The first-order valence-corrected chi connectivity index (χ1v) is 12.6. The highest BCUT2D eigenvalue weighted by atomic mass is 32.2. The van der Waals surface area contributed by atoms with Crippen molar-refractivity contribution in [3.05, 3.63) is 59.8 Å². The van der Waals surface area contributed by atoms with Gasteiger partial charge in [0.15, 0.2) is 0 Å². The minimum atomic E-state index is -3.81. The van der Waals surface area contributed by atoms with Crippen molar-refractivity contribution < 1.29 is 13.2 Å².